The van der Waals surface area contributed by atoms with Crippen molar-refractivity contribution >= 4 is 12.4 Å². The molecule has 114 valence electrons. The van der Waals surface area contributed by atoms with E-state index in [1.807, 2.05) is 0 Å². The van der Waals surface area contributed by atoms with Gasteiger partial charge in [0.15, 0.2) is 0 Å². The molecule has 0 radical (unpaired) electrons. The fraction of sp³-hybridized carbons (Fsp3) is 0.188. The number of hydrogen-bond acceptors (Lipinski definition) is 4. The first kappa shape index (κ1) is 15.6. The molecular formula is C16H15FN2O3. The Bertz CT molecular complexity index is 662. The Morgan fingerprint density at radius 3 is 2.77 bits per heavy atom. The smallest absolute Gasteiger partial charge is 0.410 e. The molecule has 0 fully saturated rings. The van der Waals surface area contributed by atoms with Gasteiger partial charge in [-0.15, -0.1) is 0 Å². The van der Waals surface area contributed by atoms with Crippen LogP contribution in [0.25, 0.3) is 0 Å². The van der Waals surface area contributed by atoms with Crippen LogP contribution in [0.4, 0.5) is 9.18 Å². The molecule has 1 aromatic heterocycles. The molecule has 5 nitrogen and oxygen atoms in total. The first-order valence-electron chi connectivity index (χ1n) is 6.70. The summed E-state index contributed by atoms with van der Waals surface area (Å²) in [6.45, 7) is 1.58. The first-order chi connectivity index (χ1) is 10.6. The monoisotopic (exact) mass is 302 g/mol. The number of nitrogens with zero attached hydrogens (tertiary/aromatic N) is 1. The van der Waals surface area contributed by atoms with Crippen LogP contribution in [0.5, 0.6) is 5.75 Å². The zero-order valence-electron chi connectivity index (χ0n) is 12.0. The molecule has 1 amide bonds. The highest BCUT2D eigenvalue weighted by molar-refractivity contribution is 5.71. The Balaban J connectivity index is 2.13. The molecule has 0 saturated heterocycles. The number of aldehydes is 1. The minimum Gasteiger partial charge on any atom is -0.410 e. The molecule has 6 heteroatoms. The van der Waals surface area contributed by atoms with Crippen molar-refractivity contribution in [2.75, 3.05) is 0 Å². The van der Waals surface area contributed by atoms with Crippen molar-refractivity contribution < 1.29 is 18.7 Å². The Kier molecular flexibility index (Phi) is 5.19. The summed E-state index contributed by atoms with van der Waals surface area (Å²) in [5, 5.41) is 2.46. The van der Waals surface area contributed by atoms with Crippen molar-refractivity contribution in [1.82, 2.24) is 10.3 Å². The van der Waals surface area contributed by atoms with E-state index in [2.05, 4.69) is 10.3 Å². The molecule has 22 heavy (non-hydrogen) atoms. The normalized spacial score (nSPS) is 11.5. The van der Waals surface area contributed by atoms with Crippen LogP contribution in [0.1, 0.15) is 23.7 Å². The zero-order chi connectivity index (χ0) is 15.9. The van der Waals surface area contributed by atoms with Crippen LogP contribution in [0.2, 0.25) is 0 Å². The molecule has 0 saturated carbocycles. The number of hydrogen-bond donors (Lipinski definition) is 1. The van der Waals surface area contributed by atoms with E-state index in [1.54, 1.807) is 37.3 Å². The quantitative estimate of drug-likeness (QED) is 0.862. The topological polar surface area (TPSA) is 68.3 Å². The van der Waals surface area contributed by atoms with Gasteiger partial charge in [-0.3, -0.25) is 4.98 Å². The number of amides is 1. The highest BCUT2D eigenvalue weighted by Crippen LogP contribution is 2.20. The van der Waals surface area contributed by atoms with Crippen molar-refractivity contribution in [3.05, 3.63) is 59.7 Å². The summed E-state index contributed by atoms with van der Waals surface area (Å²) in [5.41, 5.74) is 0.399. The maximum atomic E-state index is 14.1. The van der Waals surface area contributed by atoms with E-state index in [0.29, 0.717) is 17.6 Å². The Morgan fingerprint density at radius 2 is 2.09 bits per heavy atom. The second-order valence-electron chi connectivity index (χ2n) is 4.63. The predicted octanol–water partition coefficient (Wildman–Crippen LogP) is 2.95. The molecule has 2 rings (SSSR count). The summed E-state index contributed by atoms with van der Waals surface area (Å²) >= 11 is 0. The summed E-state index contributed by atoms with van der Waals surface area (Å²) < 4.78 is 19.1. The number of rotatable bonds is 5. The van der Waals surface area contributed by atoms with Crippen LogP contribution in [0.3, 0.4) is 0 Å². The lowest BCUT2D eigenvalue weighted by atomic mass is 10.1. The molecular weight excluding hydrogens is 287 g/mol. The Morgan fingerprint density at radius 1 is 1.36 bits per heavy atom. The first-order valence-corrected chi connectivity index (χ1v) is 6.70. The minimum atomic E-state index is -0.881. The summed E-state index contributed by atoms with van der Waals surface area (Å²) in [5.74, 6) is -0.197. The largest absolute Gasteiger partial charge is 0.413 e. The van der Waals surface area contributed by atoms with Gasteiger partial charge in [-0.05, 0) is 30.7 Å². The van der Waals surface area contributed by atoms with Crippen LogP contribution < -0.4 is 10.1 Å². The number of carbonyl (C=O) groups is 2. The summed E-state index contributed by atoms with van der Waals surface area (Å²) in [6.07, 6.45) is 1.14. The average Bonchev–Trinajstić information content (AvgIpc) is 2.50. The van der Waals surface area contributed by atoms with Crippen molar-refractivity contribution in [3.8, 4) is 5.75 Å². The van der Waals surface area contributed by atoms with Gasteiger partial charge < -0.3 is 14.8 Å². The lowest BCUT2D eigenvalue weighted by molar-refractivity contribution is -0.108. The highest BCUT2D eigenvalue weighted by Gasteiger charge is 2.21. The van der Waals surface area contributed by atoms with E-state index in [9.17, 15) is 14.0 Å². The number of ether oxygens (including phenoxy) is 1. The second-order valence-corrected chi connectivity index (χ2v) is 4.63. The number of para-hydroxylation sites is 1. The average molecular weight is 302 g/mol. The van der Waals surface area contributed by atoms with E-state index < -0.39 is 18.0 Å². The van der Waals surface area contributed by atoms with E-state index >= 15 is 0 Å². The molecule has 1 unspecified atom stereocenters. The molecule has 0 spiro atoms. The number of aromatic nitrogens is 1. The molecule has 1 aromatic carbocycles. The fourth-order valence-corrected chi connectivity index (χ4v) is 1.91. The third kappa shape index (κ3) is 3.88. The number of halogens is 1. The van der Waals surface area contributed by atoms with Crippen molar-refractivity contribution in [2.45, 2.75) is 19.4 Å². The summed E-state index contributed by atoms with van der Waals surface area (Å²) in [6, 6.07) is 9.07. The van der Waals surface area contributed by atoms with E-state index in [4.69, 9.17) is 4.74 Å². The van der Waals surface area contributed by atoms with Crippen LogP contribution in [-0.2, 0) is 4.79 Å². The molecule has 1 atom stereocenters. The van der Waals surface area contributed by atoms with Crippen LogP contribution in [0, 0.1) is 12.7 Å². The van der Waals surface area contributed by atoms with E-state index in [1.165, 1.54) is 12.3 Å². The van der Waals surface area contributed by atoms with Crippen molar-refractivity contribution in [2.24, 2.45) is 0 Å². The molecule has 1 N–H and O–H groups in total. The highest BCUT2D eigenvalue weighted by atomic mass is 19.1. The van der Waals surface area contributed by atoms with Gasteiger partial charge in [-0.2, -0.15) is 0 Å². The number of pyridine rings is 1. The number of benzene rings is 1. The summed E-state index contributed by atoms with van der Waals surface area (Å²) in [7, 11) is 0. The molecule has 2 aromatic rings. The Hall–Kier alpha value is -2.76. The minimum absolute atomic E-state index is 0.0112. The van der Waals surface area contributed by atoms with Crippen LogP contribution in [-0.4, -0.2) is 17.4 Å². The lowest BCUT2D eigenvalue weighted by Gasteiger charge is -2.17. The van der Waals surface area contributed by atoms with E-state index in [0.717, 1.165) is 0 Å². The van der Waals surface area contributed by atoms with Crippen LogP contribution >= 0.6 is 0 Å². The molecule has 0 aliphatic carbocycles. The van der Waals surface area contributed by atoms with Crippen molar-refractivity contribution in [3.63, 3.8) is 0 Å². The third-order valence-electron chi connectivity index (χ3n) is 3.02. The molecule has 0 aliphatic heterocycles. The predicted molar refractivity (Wildman–Crippen MR) is 78.0 cm³/mol. The fourth-order valence-electron chi connectivity index (χ4n) is 1.91. The summed E-state index contributed by atoms with van der Waals surface area (Å²) in [4.78, 5) is 26.6. The van der Waals surface area contributed by atoms with E-state index in [-0.39, 0.29) is 12.1 Å². The molecule has 1 heterocycles. The van der Waals surface area contributed by atoms with Gasteiger partial charge >= 0.3 is 6.09 Å². The number of carbonyl (C=O) groups excluding carboxylic acids is 2. The maximum Gasteiger partial charge on any atom is 0.413 e. The second kappa shape index (κ2) is 7.31. The Labute approximate surface area is 127 Å². The van der Waals surface area contributed by atoms with Crippen LogP contribution in [0.15, 0.2) is 42.6 Å². The standard InChI is InChI=1S/C16H15FN2O3/c1-11-7-9-18-15(14(11)17)13(8-10-20)19-16(21)22-12-5-3-2-4-6-12/h2-7,9-10,13H,8H2,1H3,(H,19,21). The zero-order valence-corrected chi connectivity index (χ0v) is 12.0. The van der Waals surface area contributed by atoms with Gasteiger partial charge in [-0.25, -0.2) is 9.18 Å². The van der Waals surface area contributed by atoms with Gasteiger partial charge in [0.25, 0.3) is 0 Å². The SMILES string of the molecule is Cc1ccnc(C(CC=O)NC(=O)Oc2ccccc2)c1F. The van der Waals surface area contributed by atoms with Gasteiger partial charge in [0, 0.05) is 12.6 Å². The third-order valence-corrected chi connectivity index (χ3v) is 3.02. The van der Waals surface area contributed by atoms with Crippen molar-refractivity contribution in [1.29, 1.82) is 0 Å². The van der Waals surface area contributed by atoms with Gasteiger partial charge in [0.1, 0.15) is 17.9 Å². The maximum absolute atomic E-state index is 14.1. The van der Waals surface area contributed by atoms with Gasteiger partial charge in [-0.1, -0.05) is 18.2 Å². The lowest BCUT2D eigenvalue weighted by Crippen LogP contribution is -2.32. The van der Waals surface area contributed by atoms with Gasteiger partial charge in [0.05, 0.1) is 11.7 Å². The number of aryl methyl sites for hydroxylation is 1. The van der Waals surface area contributed by atoms with Gasteiger partial charge in [0.2, 0.25) is 0 Å². The molecule has 0 aliphatic rings. The molecule has 0 bridgehead atoms. The number of nitrogens with one attached hydrogen (secondary N) is 1.